The third-order valence-electron chi connectivity index (χ3n) is 6.66. The second-order valence-corrected chi connectivity index (χ2v) is 12.4. The van der Waals surface area contributed by atoms with Crippen LogP contribution >= 0.6 is 0 Å². The Morgan fingerprint density at radius 3 is 2.20 bits per heavy atom. The molecule has 0 saturated carbocycles. The fraction of sp³-hybridized carbons (Fsp3) is 0.375. The molecule has 1 unspecified atom stereocenters. The van der Waals surface area contributed by atoms with Crippen LogP contribution in [0, 0.1) is 6.92 Å². The van der Waals surface area contributed by atoms with Crippen molar-refractivity contribution in [3.8, 4) is 5.75 Å². The summed E-state index contributed by atoms with van der Waals surface area (Å²) in [7, 11) is -1.98. The van der Waals surface area contributed by atoms with E-state index in [0.29, 0.717) is 17.9 Å². The molecule has 0 heterocycles. The lowest BCUT2D eigenvalue weighted by Crippen LogP contribution is -2.51. The number of sulfonamides is 1. The summed E-state index contributed by atoms with van der Waals surface area (Å²) in [6, 6.07) is 23.4. The van der Waals surface area contributed by atoms with Gasteiger partial charge in [-0.1, -0.05) is 60.2 Å². The summed E-state index contributed by atoms with van der Waals surface area (Å²) in [5.74, 6) is 0.186. The molecule has 9 heteroatoms. The Morgan fingerprint density at radius 2 is 1.59 bits per heavy atom. The third-order valence-corrected chi connectivity index (χ3v) is 7.86. The number of carbonyl (C=O) groups is 2. The first-order valence-electron chi connectivity index (χ1n) is 13.8. The van der Waals surface area contributed by atoms with Crippen LogP contribution in [-0.2, 0) is 32.6 Å². The van der Waals surface area contributed by atoms with Crippen LogP contribution in [0.2, 0.25) is 0 Å². The highest BCUT2D eigenvalue weighted by Gasteiger charge is 2.31. The van der Waals surface area contributed by atoms with E-state index in [1.54, 1.807) is 24.1 Å². The number of carbonyl (C=O) groups excluding carboxylic acids is 2. The number of nitrogens with zero attached hydrogens (tertiary/aromatic N) is 2. The predicted octanol–water partition coefficient (Wildman–Crippen LogP) is 4.71. The first-order valence-corrected chi connectivity index (χ1v) is 15.6. The topological polar surface area (TPSA) is 96.0 Å². The highest BCUT2D eigenvalue weighted by atomic mass is 32.2. The zero-order chi connectivity index (χ0) is 30.0. The minimum atomic E-state index is -3.56. The maximum absolute atomic E-state index is 13.9. The molecule has 0 aliphatic carbocycles. The second kappa shape index (κ2) is 14.7. The maximum atomic E-state index is 13.9. The van der Waals surface area contributed by atoms with E-state index in [0.717, 1.165) is 22.9 Å². The van der Waals surface area contributed by atoms with Crippen LogP contribution in [0.5, 0.6) is 5.75 Å². The average Bonchev–Trinajstić information content (AvgIpc) is 2.93. The minimum absolute atomic E-state index is 0.0715. The van der Waals surface area contributed by atoms with Crippen LogP contribution in [0.4, 0.5) is 5.69 Å². The number of hydrogen-bond acceptors (Lipinski definition) is 5. The molecular weight excluding hydrogens is 538 g/mol. The van der Waals surface area contributed by atoms with E-state index >= 15 is 0 Å². The van der Waals surface area contributed by atoms with Gasteiger partial charge in [-0.15, -0.1) is 0 Å². The molecule has 0 radical (unpaired) electrons. The van der Waals surface area contributed by atoms with Crippen molar-refractivity contribution in [2.45, 2.75) is 58.7 Å². The Hall–Kier alpha value is -3.85. The molecule has 0 bridgehead atoms. The number of aryl methyl sites for hydroxylation is 1. The van der Waals surface area contributed by atoms with Crippen LogP contribution < -0.4 is 14.4 Å². The van der Waals surface area contributed by atoms with Gasteiger partial charge in [-0.25, -0.2) is 8.42 Å². The van der Waals surface area contributed by atoms with E-state index in [9.17, 15) is 18.0 Å². The lowest BCUT2D eigenvalue weighted by atomic mass is 10.0. The first kappa shape index (κ1) is 31.7. The van der Waals surface area contributed by atoms with Crippen LogP contribution in [-0.4, -0.2) is 57.1 Å². The molecule has 41 heavy (non-hydrogen) atoms. The molecule has 1 N–H and O–H groups in total. The number of rotatable bonds is 14. The van der Waals surface area contributed by atoms with E-state index in [-0.39, 0.29) is 43.8 Å². The van der Waals surface area contributed by atoms with Gasteiger partial charge in [0.25, 0.3) is 0 Å². The van der Waals surface area contributed by atoms with Crippen molar-refractivity contribution in [1.29, 1.82) is 0 Å². The van der Waals surface area contributed by atoms with Crippen molar-refractivity contribution in [1.82, 2.24) is 10.2 Å². The molecule has 0 saturated heterocycles. The largest absolute Gasteiger partial charge is 0.497 e. The monoisotopic (exact) mass is 579 g/mol. The minimum Gasteiger partial charge on any atom is -0.497 e. The normalized spacial score (nSPS) is 12.0. The van der Waals surface area contributed by atoms with Gasteiger partial charge in [0.1, 0.15) is 11.8 Å². The number of anilines is 1. The molecule has 3 aromatic carbocycles. The van der Waals surface area contributed by atoms with Gasteiger partial charge in [0.2, 0.25) is 21.8 Å². The third kappa shape index (κ3) is 9.63. The molecule has 0 aliphatic heterocycles. The first-order chi connectivity index (χ1) is 19.5. The van der Waals surface area contributed by atoms with Gasteiger partial charge in [-0.3, -0.25) is 13.9 Å². The maximum Gasteiger partial charge on any atom is 0.243 e. The van der Waals surface area contributed by atoms with Gasteiger partial charge in [-0.05, 0) is 62.6 Å². The predicted molar refractivity (Wildman–Crippen MR) is 163 cm³/mol. The summed E-state index contributed by atoms with van der Waals surface area (Å²) in [5.41, 5.74) is 3.33. The fourth-order valence-electron chi connectivity index (χ4n) is 4.62. The van der Waals surface area contributed by atoms with Crippen molar-refractivity contribution >= 4 is 27.5 Å². The highest BCUT2D eigenvalue weighted by Crippen LogP contribution is 2.22. The number of nitrogens with one attached hydrogen (secondary N) is 1. The average molecular weight is 580 g/mol. The van der Waals surface area contributed by atoms with E-state index in [2.05, 4.69) is 5.32 Å². The quantitative estimate of drug-likeness (QED) is 0.298. The van der Waals surface area contributed by atoms with Crippen LogP contribution in [0.3, 0.4) is 0 Å². The molecule has 1 atom stereocenters. The van der Waals surface area contributed by atoms with E-state index in [1.807, 2.05) is 87.5 Å². The Balaban J connectivity index is 1.89. The van der Waals surface area contributed by atoms with Gasteiger partial charge in [0.05, 0.1) is 19.1 Å². The molecule has 0 aromatic heterocycles. The number of ether oxygens (including phenoxy) is 1. The SMILES string of the molecule is COc1cccc(CN(C(=O)CCCN(c2ccc(C)cc2)S(C)(=O)=O)C(Cc2ccccc2)C(=O)NC(C)C)c1. The molecule has 3 aromatic rings. The summed E-state index contributed by atoms with van der Waals surface area (Å²) in [6.07, 6.45) is 1.87. The zero-order valence-electron chi connectivity index (χ0n) is 24.5. The molecule has 220 valence electrons. The Kier molecular flexibility index (Phi) is 11.3. The van der Waals surface area contributed by atoms with E-state index in [4.69, 9.17) is 4.74 Å². The molecule has 0 spiro atoms. The van der Waals surface area contributed by atoms with Gasteiger partial charge in [-0.2, -0.15) is 0 Å². The Morgan fingerprint density at radius 1 is 0.927 bits per heavy atom. The standard InChI is InChI=1S/C32H41N3O5S/c1-24(2)33-32(37)30(22-26-11-7-6-8-12-26)34(23-27-13-9-14-29(21-27)40-4)31(36)15-10-20-35(41(5,38)39)28-18-16-25(3)17-19-28/h6-9,11-14,16-19,21,24,30H,10,15,20,22-23H2,1-5H3,(H,33,37). The molecule has 3 rings (SSSR count). The van der Waals surface area contributed by atoms with Crippen molar-refractivity contribution in [2.24, 2.45) is 0 Å². The van der Waals surface area contributed by atoms with Crippen LogP contribution in [0.1, 0.15) is 43.4 Å². The number of methoxy groups -OCH3 is 1. The van der Waals surface area contributed by atoms with Crippen molar-refractivity contribution in [2.75, 3.05) is 24.2 Å². The van der Waals surface area contributed by atoms with Gasteiger partial charge in [0, 0.05) is 32.0 Å². The highest BCUT2D eigenvalue weighted by molar-refractivity contribution is 7.92. The smallest absolute Gasteiger partial charge is 0.243 e. The molecular formula is C32H41N3O5S. The summed E-state index contributed by atoms with van der Waals surface area (Å²) in [6.45, 7) is 6.05. The second-order valence-electron chi connectivity index (χ2n) is 10.5. The number of hydrogen-bond donors (Lipinski definition) is 1. The van der Waals surface area contributed by atoms with E-state index < -0.39 is 16.1 Å². The van der Waals surface area contributed by atoms with Gasteiger partial charge < -0.3 is 15.0 Å². The summed E-state index contributed by atoms with van der Waals surface area (Å²) >= 11 is 0. The Labute approximate surface area is 244 Å². The van der Waals surface area contributed by atoms with Gasteiger partial charge in [0.15, 0.2) is 0 Å². The van der Waals surface area contributed by atoms with Gasteiger partial charge >= 0.3 is 0 Å². The summed E-state index contributed by atoms with van der Waals surface area (Å²) in [5, 5.41) is 2.98. The zero-order valence-corrected chi connectivity index (χ0v) is 25.4. The molecule has 8 nitrogen and oxygen atoms in total. The number of benzene rings is 3. The van der Waals surface area contributed by atoms with Crippen LogP contribution in [0.25, 0.3) is 0 Å². The molecule has 0 aliphatic rings. The van der Waals surface area contributed by atoms with Crippen molar-refractivity contribution in [3.05, 3.63) is 95.6 Å². The summed E-state index contributed by atoms with van der Waals surface area (Å²) < 4.78 is 31.9. The fourth-order valence-corrected chi connectivity index (χ4v) is 5.58. The van der Waals surface area contributed by atoms with E-state index in [1.165, 1.54) is 4.31 Å². The van der Waals surface area contributed by atoms with Crippen molar-refractivity contribution in [3.63, 3.8) is 0 Å². The lowest BCUT2D eigenvalue weighted by Gasteiger charge is -2.32. The number of amides is 2. The summed E-state index contributed by atoms with van der Waals surface area (Å²) in [4.78, 5) is 29.0. The Bertz CT molecular complexity index is 1390. The van der Waals surface area contributed by atoms with Crippen LogP contribution in [0.15, 0.2) is 78.9 Å². The molecule has 0 fully saturated rings. The van der Waals surface area contributed by atoms with Crippen molar-refractivity contribution < 1.29 is 22.7 Å². The molecule has 2 amide bonds. The lowest BCUT2D eigenvalue weighted by molar-refractivity contribution is -0.141.